The molecule has 0 aliphatic rings. The van der Waals surface area contributed by atoms with Gasteiger partial charge in [0, 0.05) is 47.3 Å². The van der Waals surface area contributed by atoms with Crippen molar-refractivity contribution in [1.29, 1.82) is 0 Å². The lowest BCUT2D eigenvalue weighted by Gasteiger charge is -2.15. The standard InChI is InChI=1S/C21H23ClN8O3S2/c1-2-23-8-9-24-18-10-15(22)7-6-14(18)11-25-20(31)16-4-3-5-19-17(16)12-27-29(19)30(35(32)33)21-26-13-28-34-21/h3-7,10,12-13,23-24,35H,2,8-9,11H2,1H3,(H,25,31). The second kappa shape index (κ2) is 11.4. The zero-order chi connectivity index (χ0) is 24.8. The number of hydrogen-bond acceptors (Lipinski definition) is 9. The first-order valence-corrected chi connectivity index (χ1v) is 13.0. The summed E-state index contributed by atoms with van der Waals surface area (Å²) in [5.41, 5.74) is 2.52. The van der Waals surface area contributed by atoms with E-state index in [2.05, 4.69) is 30.4 Å². The normalized spacial score (nSPS) is 11.2. The molecule has 4 aromatic rings. The van der Waals surface area contributed by atoms with Gasteiger partial charge >= 0.3 is 0 Å². The van der Waals surface area contributed by atoms with Gasteiger partial charge in [0.15, 0.2) is 0 Å². The summed E-state index contributed by atoms with van der Waals surface area (Å²) >= 11 is 7.08. The maximum absolute atomic E-state index is 13.1. The van der Waals surface area contributed by atoms with Gasteiger partial charge in [-0.3, -0.25) is 4.79 Å². The summed E-state index contributed by atoms with van der Waals surface area (Å²) in [7, 11) is -3.10. The Balaban J connectivity index is 1.55. The molecule has 35 heavy (non-hydrogen) atoms. The van der Waals surface area contributed by atoms with E-state index in [9.17, 15) is 13.2 Å². The van der Waals surface area contributed by atoms with Crippen molar-refractivity contribution in [3.05, 3.63) is 65.1 Å². The van der Waals surface area contributed by atoms with E-state index in [1.165, 1.54) is 17.3 Å². The highest BCUT2D eigenvalue weighted by Gasteiger charge is 2.21. The topological polar surface area (TPSA) is 134 Å². The lowest BCUT2D eigenvalue weighted by Crippen LogP contribution is -2.28. The molecule has 2 aromatic carbocycles. The van der Waals surface area contributed by atoms with Gasteiger partial charge in [-0.05, 0) is 36.4 Å². The van der Waals surface area contributed by atoms with E-state index in [4.69, 9.17) is 11.6 Å². The largest absolute Gasteiger partial charge is 0.383 e. The number of rotatable bonds is 11. The average Bonchev–Trinajstić information content (AvgIpc) is 3.52. The molecule has 14 heteroatoms. The predicted molar refractivity (Wildman–Crippen MR) is 137 cm³/mol. The molecule has 3 N–H and O–H groups in total. The van der Waals surface area contributed by atoms with E-state index in [1.54, 1.807) is 24.3 Å². The Hall–Kier alpha value is -3.26. The highest BCUT2D eigenvalue weighted by atomic mass is 35.5. The van der Waals surface area contributed by atoms with Crippen LogP contribution in [-0.4, -0.2) is 53.2 Å². The number of benzene rings is 2. The monoisotopic (exact) mass is 534 g/mol. The van der Waals surface area contributed by atoms with Crippen molar-refractivity contribution in [2.75, 3.05) is 29.4 Å². The third-order valence-corrected chi connectivity index (χ3v) is 6.75. The molecule has 0 aliphatic heterocycles. The highest BCUT2D eigenvalue weighted by Crippen LogP contribution is 2.24. The Morgan fingerprint density at radius 1 is 1.23 bits per heavy atom. The molecule has 0 saturated heterocycles. The summed E-state index contributed by atoms with van der Waals surface area (Å²) in [4.78, 5) is 18.2. The van der Waals surface area contributed by atoms with Crippen LogP contribution in [0.15, 0.2) is 48.9 Å². The van der Waals surface area contributed by atoms with Crippen LogP contribution in [-0.2, 0) is 17.4 Å². The van der Waals surface area contributed by atoms with Crippen molar-refractivity contribution in [1.82, 2.24) is 29.9 Å². The van der Waals surface area contributed by atoms with Crippen LogP contribution in [0.5, 0.6) is 0 Å². The molecule has 0 unspecified atom stereocenters. The SMILES string of the molecule is CCNCCNc1cc(Cl)ccc1CNC(=O)c1cccc2c1cnn2N(c1ncns1)[SH](=O)=O. The average molecular weight is 535 g/mol. The van der Waals surface area contributed by atoms with E-state index in [-0.39, 0.29) is 17.6 Å². The van der Waals surface area contributed by atoms with Gasteiger partial charge in [0.25, 0.3) is 5.91 Å². The minimum Gasteiger partial charge on any atom is -0.383 e. The number of amides is 1. The molecule has 0 bridgehead atoms. The number of anilines is 2. The van der Waals surface area contributed by atoms with E-state index in [0.717, 1.165) is 40.3 Å². The van der Waals surface area contributed by atoms with E-state index in [1.807, 2.05) is 19.1 Å². The molecule has 11 nitrogen and oxygen atoms in total. The van der Waals surface area contributed by atoms with Gasteiger partial charge in [0.1, 0.15) is 6.33 Å². The Bertz CT molecular complexity index is 1380. The van der Waals surface area contributed by atoms with Crippen molar-refractivity contribution in [2.24, 2.45) is 0 Å². The van der Waals surface area contributed by atoms with Gasteiger partial charge in [-0.25, -0.2) is 13.4 Å². The molecule has 0 fully saturated rings. The predicted octanol–water partition coefficient (Wildman–Crippen LogP) is 2.29. The second-order valence-corrected chi connectivity index (χ2v) is 9.34. The molecular weight excluding hydrogens is 512 g/mol. The summed E-state index contributed by atoms with van der Waals surface area (Å²) in [5, 5.41) is 14.9. The summed E-state index contributed by atoms with van der Waals surface area (Å²) in [6.45, 7) is 4.70. The second-order valence-electron chi connectivity index (χ2n) is 7.29. The van der Waals surface area contributed by atoms with Gasteiger partial charge in [0.05, 0.1) is 17.3 Å². The number of nitrogens with one attached hydrogen (secondary N) is 3. The zero-order valence-corrected chi connectivity index (χ0v) is 21.1. The number of halogens is 1. The van der Waals surface area contributed by atoms with Gasteiger partial charge in [-0.1, -0.05) is 30.7 Å². The number of carbonyl (C=O) groups excluding carboxylic acids is 1. The molecule has 1 amide bonds. The van der Waals surface area contributed by atoms with Crippen LogP contribution in [0.25, 0.3) is 10.9 Å². The van der Waals surface area contributed by atoms with Crippen LogP contribution < -0.4 is 20.4 Å². The van der Waals surface area contributed by atoms with Crippen LogP contribution in [0, 0.1) is 0 Å². The minimum atomic E-state index is -3.10. The van der Waals surface area contributed by atoms with Gasteiger partial charge < -0.3 is 16.0 Å². The molecule has 2 aromatic heterocycles. The van der Waals surface area contributed by atoms with Gasteiger partial charge in [-0.2, -0.15) is 14.3 Å². The third-order valence-electron chi connectivity index (χ3n) is 5.07. The lowest BCUT2D eigenvalue weighted by atomic mass is 10.1. The molecule has 0 atom stereocenters. The van der Waals surface area contributed by atoms with Crippen molar-refractivity contribution in [3.63, 3.8) is 0 Å². The number of carbonyl (C=O) groups is 1. The maximum Gasteiger partial charge on any atom is 0.252 e. The molecule has 0 radical (unpaired) electrons. The quantitative estimate of drug-likeness (QED) is 0.170. The Morgan fingerprint density at radius 2 is 2.09 bits per heavy atom. The van der Waals surface area contributed by atoms with E-state index in [0.29, 0.717) is 28.0 Å². The van der Waals surface area contributed by atoms with Gasteiger partial charge in [-0.15, -0.1) is 4.41 Å². The Labute approximate surface area is 212 Å². The Morgan fingerprint density at radius 3 is 2.83 bits per heavy atom. The van der Waals surface area contributed by atoms with Gasteiger partial charge in [0.2, 0.25) is 16.0 Å². The molecule has 184 valence electrons. The molecule has 0 aliphatic carbocycles. The molecular formula is C21H23ClN8O3S2. The van der Waals surface area contributed by atoms with Crippen molar-refractivity contribution < 1.29 is 13.2 Å². The fourth-order valence-electron chi connectivity index (χ4n) is 3.46. The van der Waals surface area contributed by atoms with Crippen LogP contribution in [0.2, 0.25) is 5.02 Å². The highest BCUT2D eigenvalue weighted by molar-refractivity contribution is 7.74. The third kappa shape index (κ3) is 5.70. The van der Waals surface area contributed by atoms with Crippen LogP contribution in [0.4, 0.5) is 10.8 Å². The van der Waals surface area contributed by atoms with E-state index >= 15 is 0 Å². The molecule has 2 heterocycles. The number of fused-ring (bicyclic) bond motifs is 1. The number of likely N-dealkylation sites (N-methyl/N-ethyl adjacent to an activating group) is 1. The molecule has 4 rings (SSSR count). The van der Waals surface area contributed by atoms with Crippen LogP contribution >= 0.6 is 23.1 Å². The van der Waals surface area contributed by atoms with Crippen molar-refractivity contribution >= 4 is 61.7 Å². The minimum absolute atomic E-state index is 0.137. The van der Waals surface area contributed by atoms with Crippen molar-refractivity contribution in [3.8, 4) is 0 Å². The maximum atomic E-state index is 13.1. The van der Waals surface area contributed by atoms with Crippen LogP contribution in [0.1, 0.15) is 22.8 Å². The first-order chi connectivity index (χ1) is 17.0. The summed E-state index contributed by atoms with van der Waals surface area (Å²) in [5.74, 6) is -0.322. The first kappa shape index (κ1) is 24.9. The summed E-state index contributed by atoms with van der Waals surface area (Å²) < 4.78 is 28.6. The number of aromatic nitrogens is 4. The van der Waals surface area contributed by atoms with Crippen LogP contribution in [0.3, 0.4) is 0 Å². The number of thiol groups is 1. The lowest BCUT2D eigenvalue weighted by molar-refractivity contribution is 0.0952. The number of hydrogen-bond donors (Lipinski definition) is 4. The first-order valence-electron chi connectivity index (χ1n) is 10.7. The smallest absolute Gasteiger partial charge is 0.252 e. The van der Waals surface area contributed by atoms with E-state index < -0.39 is 10.9 Å². The molecule has 0 saturated carbocycles. The van der Waals surface area contributed by atoms with Crippen molar-refractivity contribution in [2.45, 2.75) is 13.5 Å². The fourth-order valence-corrected chi connectivity index (χ4v) is 4.85. The zero-order valence-electron chi connectivity index (χ0n) is 18.6. The molecule has 0 spiro atoms. The summed E-state index contributed by atoms with van der Waals surface area (Å²) in [6, 6.07) is 10.5. The number of nitrogens with zero attached hydrogens (tertiary/aromatic N) is 5. The summed E-state index contributed by atoms with van der Waals surface area (Å²) in [6.07, 6.45) is 2.71. The Kier molecular flexibility index (Phi) is 8.13. The fraction of sp³-hybridized carbons (Fsp3) is 0.238.